The molecule has 0 radical (unpaired) electrons. The molecule has 7 nitrogen and oxygen atoms in total. The van der Waals surface area contributed by atoms with E-state index in [1.54, 1.807) is 19.2 Å². The maximum absolute atomic E-state index is 13.6. The van der Waals surface area contributed by atoms with Crippen LogP contribution >= 0.6 is 0 Å². The number of rotatable bonds is 7. The highest BCUT2D eigenvalue weighted by Gasteiger charge is 2.26. The summed E-state index contributed by atoms with van der Waals surface area (Å²) in [5.41, 5.74) is 4.38. The van der Waals surface area contributed by atoms with Gasteiger partial charge in [-0.15, -0.1) is 0 Å². The molecule has 208 valence electrons. The van der Waals surface area contributed by atoms with Gasteiger partial charge in [0.1, 0.15) is 17.2 Å². The molecule has 2 heterocycles. The van der Waals surface area contributed by atoms with Gasteiger partial charge in [-0.25, -0.2) is 4.39 Å². The monoisotopic (exact) mass is 543 g/mol. The van der Waals surface area contributed by atoms with Crippen LogP contribution in [-0.2, 0) is 4.74 Å². The predicted octanol–water partition coefficient (Wildman–Crippen LogP) is 5.41. The average Bonchev–Trinajstić information content (AvgIpc) is 3.32. The highest BCUT2D eigenvalue weighted by Crippen LogP contribution is 2.37. The molecule has 3 aromatic carbocycles. The summed E-state index contributed by atoms with van der Waals surface area (Å²) in [6.07, 6.45) is 0. The van der Waals surface area contributed by atoms with E-state index in [-0.39, 0.29) is 17.6 Å². The van der Waals surface area contributed by atoms with Crippen molar-refractivity contribution in [1.82, 2.24) is 15.5 Å². The van der Waals surface area contributed by atoms with Gasteiger partial charge < -0.3 is 19.8 Å². The van der Waals surface area contributed by atoms with Gasteiger partial charge in [0.2, 0.25) is 0 Å². The number of hydrogen-bond acceptors (Lipinski definition) is 5. The SMILES string of the molecule is CNC(=O)c1c(-c2ccc(F)cc2)oc2ccc(-c3cc(C(=O)NC(C)(C)CN4CCOCC4)ccc3C)cc12. The fraction of sp³-hybridized carbons (Fsp3) is 0.312. The van der Waals surface area contributed by atoms with Crippen molar-refractivity contribution in [2.24, 2.45) is 0 Å². The van der Waals surface area contributed by atoms with Crippen LogP contribution in [0.1, 0.15) is 40.1 Å². The van der Waals surface area contributed by atoms with Crippen molar-refractivity contribution in [2.75, 3.05) is 39.9 Å². The molecule has 0 bridgehead atoms. The minimum Gasteiger partial charge on any atom is -0.455 e. The van der Waals surface area contributed by atoms with Crippen LogP contribution in [0.3, 0.4) is 0 Å². The van der Waals surface area contributed by atoms with E-state index >= 15 is 0 Å². The zero-order chi connectivity index (χ0) is 28.4. The normalized spacial score (nSPS) is 14.3. The van der Waals surface area contributed by atoms with E-state index in [4.69, 9.17) is 9.15 Å². The number of fused-ring (bicyclic) bond motifs is 1. The third-order valence-corrected chi connectivity index (χ3v) is 7.23. The molecular formula is C32H34FN3O4. The average molecular weight is 544 g/mol. The number of nitrogens with one attached hydrogen (secondary N) is 2. The highest BCUT2D eigenvalue weighted by molar-refractivity contribution is 6.12. The number of amides is 2. The van der Waals surface area contributed by atoms with Crippen molar-refractivity contribution < 1.29 is 23.1 Å². The molecule has 1 aromatic heterocycles. The fourth-order valence-electron chi connectivity index (χ4n) is 5.23. The molecule has 0 unspecified atom stereocenters. The Morgan fingerprint density at radius 3 is 2.35 bits per heavy atom. The Balaban J connectivity index is 1.48. The number of aryl methyl sites for hydroxylation is 1. The Bertz CT molecular complexity index is 1550. The minimum absolute atomic E-state index is 0.145. The van der Waals surface area contributed by atoms with Gasteiger partial charge >= 0.3 is 0 Å². The van der Waals surface area contributed by atoms with Crippen LogP contribution in [0, 0.1) is 12.7 Å². The number of morpholine rings is 1. The first-order chi connectivity index (χ1) is 19.1. The first-order valence-corrected chi connectivity index (χ1v) is 13.4. The van der Waals surface area contributed by atoms with Gasteiger partial charge in [-0.2, -0.15) is 0 Å². The molecule has 1 aliphatic heterocycles. The lowest BCUT2D eigenvalue weighted by Crippen LogP contribution is -2.53. The number of furan rings is 1. The standard InChI is InChI=1S/C32H34FN3O4/c1-20-5-6-23(30(37)35-32(2,3)19-36-13-15-39-16-14-36)18-25(20)22-9-12-27-26(17-22)28(31(38)34-4)29(40-27)21-7-10-24(33)11-8-21/h5-12,17-18H,13-16,19H2,1-4H3,(H,34,38)(H,35,37). The molecule has 0 spiro atoms. The van der Waals surface area contributed by atoms with Gasteiger partial charge in [-0.1, -0.05) is 12.1 Å². The zero-order valence-corrected chi connectivity index (χ0v) is 23.3. The molecule has 40 heavy (non-hydrogen) atoms. The van der Waals surface area contributed by atoms with E-state index < -0.39 is 5.54 Å². The van der Waals surface area contributed by atoms with Crippen LogP contribution in [0.4, 0.5) is 4.39 Å². The topological polar surface area (TPSA) is 83.8 Å². The summed E-state index contributed by atoms with van der Waals surface area (Å²) in [7, 11) is 1.56. The van der Waals surface area contributed by atoms with Crippen molar-refractivity contribution in [3.05, 3.63) is 83.2 Å². The van der Waals surface area contributed by atoms with Crippen molar-refractivity contribution in [3.8, 4) is 22.5 Å². The number of ether oxygens (including phenoxy) is 1. The van der Waals surface area contributed by atoms with Crippen LogP contribution in [-0.4, -0.2) is 62.1 Å². The molecule has 0 aliphatic carbocycles. The van der Waals surface area contributed by atoms with Crippen molar-refractivity contribution in [3.63, 3.8) is 0 Å². The molecule has 2 N–H and O–H groups in total. The first-order valence-electron chi connectivity index (χ1n) is 13.4. The number of nitrogens with zero attached hydrogens (tertiary/aromatic N) is 1. The second-order valence-corrected chi connectivity index (χ2v) is 10.9. The highest BCUT2D eigenvalue weighted by atomic mass is 19.1. The van der Waals surface area contributed by atoms with E-state index in [0.717, 1.165) is 36.3 Å². The molecule has 5 rings (SSSR count). The van der Waals surface area contributed by atoms with Gasteiger partial charge in [0.05, 0.1) is 18.8 Å². The summed E-state index contributed by atoms with van der Waals surface area (Å²) in [6.45, 7) is 9.90. The lowest BCUT2D eigenvalue weighted by atomic mass is 9.95. The van der Waals surface area contributed by atoms with Crippen molar-refractivity contribution in [1.29, 1.82) is 0 Å². The molecular weight excluding hydrogens is 509 g/mol. The molecule has 0 saturated carbocycles. The predicted molar refractivity (Wildman–Crippen MR) is 154 cm³/mol. The Morgan fingerprint density at radius 1 is 0.950 bits per heavy atom. The molecule has 1 fully saturated rings. The summed E-state index contributed by atoms with van der Waals surface area (Å²) in [4.78, 5) is 28.6. The van der Waals surface area contributed by atoms with Crippen LogP contribution in [0.15, 0.2) is 65.1 Å². The Morgan fingerprint density at radius 2 is 1.65 bits per heavy atom. The lowest BCUT2D eigenvalue weighted by molar-refractivity contribution is 0.0269. The second kappa shape index (κ2) is 11.2. The summed E-state index contributed by atoms with van der Waals surface area (Å²) in [5.74, 6) is -0.442. The van der Waals surface area contributed by atoms with Gasteiger partial charge in [0, 0.05) is 48.7 Å². The van der Waals surface area contributed by atoms with Gasteiger partial charge in [-0.3, -0.25) is 14.5 Å². The molecule has 1 aliphatic rings. The molecule has 2 amide bonds. The number of carbonyl (C=O) groups excluding carboxylic acids is 2. The lowest BCUT2D eigenvalue weighted by Gasteiger charge is -2.35. The number of hydrogen-bond donors (Lipinski definition) is 2. The smallest absolute Gasteiger partial charge is 0.255 e. The Labute approximate surface area is 233 Å². The summed E-state index contributed by atoms with van der Waals surface area (Å²) in [6, 6.07) is 17.1. The third-order valence-electron chi connectivity index (χ3n) is 7.23. The third kappa shape index (κ3) is 5.78. The van der Waals surface area contributed by atoms with Crippen molar-refractivity contribution in [2.45, 2.75) is 26.3 Å². The summed E-state index contributed by atoms with van der Waals surface area (Å²) in [5, 5.41) is 6.52. The Kier molecular flexibility index (Phi) is 7.74. The Hall–Kier alpha value is -4.01. The molecule has 0 atom stereocenters. The fourth-order valence-corrected chi connectivity index (χ4v) is 5.23. The number of carbonyl (C=O) groups is 2. The second-order valence-electron chi connectivity index (χ2n) is 10.9. The van der Waals surface area contributed by atoms with Gasteiger partial charge in [0.25, 0.3) is 11.8 Å². The first kappa shape index (κ1) is 27.6. The maximum Gasteiger partial charge on any atom is 0.255 e. The van der Waals surface area contributed by atoms with Gasteiger partial charge in [0.15, 0.2) is 0 Å². The van der Waals surface area contributed by atoms with E-state index in [2.05, 4.69) is 15.5 Å². The molecule has 1 saturated heterocycles. The van der Waals surface area contributed by atoms with E-state index in [9.17, 15) is 14.0 Å². The van der Waals surface area contributed by atoms with Crippen molar-refractivity contribution >= 4 is 22.8 Å². The van der Waals surface area contributed by atoms with E-state index in [1.165, 1.54) is 12.1 Å². The van der Waals surface area contributed by atoms with Gasteiger partial charge in [-0.05, 0) is 86.0 Å². The van der Waals surface area contributed by atoms with Crippen LogP contribution < -0.4 is 10.6 Å². The zero-order valence-electron chi connectivity index (χ0n) is 23.3. The molecule has 8 heteroatoms. The van der Waals surface area contributed by atoms with Crippen LogP contribution in [0.5, 0.6) is 0 Å². The van der Waals surface area contributed by atoms with Crippen LogP contribution in [0.2, 0.25) is 0 Å². The minimum atomic E-state index is -0.422. The molecule has 4 aromatic rings. The van der Waals surface area contributed by atoms with Crippen LogP contribution in [0.25, 0.3) is 33.4 Å². The van der Waals surface area contributed by atoms with E-state index in [0.29, 0.717) is 46.6 Å². The van der Waals surface area contributed by atoms with E-state index in [1.807, 2.05) is 57.2 Å². The maximum atomic E-state index is 13.6. The quantitative estimate of drug-likeness (QED) is 0.326. The summed E-state index contributed by atoms with van der Waals surface area (Å²) >= 11 is 0. The summed E-state index contributed by atoms with van der Waals surface area (Å²) < 4.78 is 25.1. The number of halogens is 1. The number of benzene rings is 3. The largest absolute Gasteiger partial charge is 0.455 e.